The standard InChI is InChI=1S/C13H13F3N2O3/c1-6-4-10(6)18-12(21)17-9-3-2-7(13(14,15)16)5-8(9)11(19)20/h2-3,5-6,10H,4H2,1H3,(H,19,20)(H2,17,18,21). The maximum atomic E-state index is 12.6. The van der Waals surface area contributed by atoms with Crippen LogP contribution in [0, 0.1) is 5.92 Å². The van der Waals surface area contributed by atoms with Gasteiger partial charge in [0.1, 0.15) is 0 Å². The molecule has 114 valence electrons. The largest absolute Gasteiger partial charge is 0.478 e. The Morgan fingerprint density at radius 2 is 1.95 bits per heavy atom. The zero-order chi connectivity index (χ0) is 15.8. The van der Waals surface area contributed by atoms with Gasteiger partial charge in [-0.2, -0.15) is 13.2 Å². The van der Waals surface area contributed by atoms with E-state index in [9.17, 15) is 22.8 Å². The Kier molecular flexibility index (Phi) is 3.80. The topological polar surface area (TPSA) is 78.4 Å². The Morgan fingerprint density at radius 3 is 2.43 bits per heavy atom. The number of hydrogen-bond donors (Lipinski definition) is 3. The molecule has 0 heterocycles. The molecule has 0 aliphatic heterocycles. The van der Waals surface area contributed by atoms with Gasteiger partial charge in [-0.15, -0.1) is 0 Å². The molecule has 2 unspecified atom stereocenters. The van der Waals surface area contributed by atoms with Crippen LogP contribution in [-0.2, 0) is 6.18 Å². The van der Waals surface area contributed by atoms with E-state index in [4.69, 9.17) is 5.11 Å². The highest BCUT2D eigenvalue weighted by molar-refractivity contribution is 6.00. The third-order valence-corrected chi connectivity index (χ3v) is 3.25. The van der Waals surface area contributed by atoms with Crippen LogP contribution < -0.4 is 10.6 Å². The molecule has 1 aliphatic carbocycles. The summed E-state index contributed by atoms with van der Waals surface area (Å²) in [7, 11) is 0. The van der Waals surface area contributed by atoms with Crippen molar-refractivity contribution in [3.63, 3.8) is 0 Å². The first kappa shape index (κ1) is 15.1. The number of nitrogens with one attached hydrogen (secondary N) is 2. The highest BCUT2D eigenvalue weighted by Gasteiger charge is 2.34. The van der Waals surface area contributed by atoms with Gasteiger partial charge in [0, 0.05) is 6.04 Å². The van der Waals surface area contributed by atoms with Gasteiger partial charge >= 0.3 is 18.2 Å². The summed E-state index contributed by atoms with van der Waals surface area (Å²) in [6, 6.07) is 1.54. The lowest BCUT2D eigenvalue weighted by Crippen LogP contribution is -2.31. The highest BCUT2D eigenvalue weighted by Crippen LogP contribution is 2.32. The number of carboxylic acids is 1. The molecule has 0 spiro atoms. The van der Waals surface area contributed by atoms with Crippen LogP contribution in [-0.4, -0.2) is 23.1 Å². The molecule has 1 saturated carbocycles. The number of carbonyl (C=O) groups is 2. The molecule has 1 aliphatic rings. The first-order valence-electron chi connectivity index (χ1n) is 6.20. The number of carboxylic acid groups (broad SMARTS) is 1. The molecule has 1 aromatic carbocycles. The van der Waals surface area contributed by atoms with Gasteiger partial charge in [0.25, 0.3) is 0 Å². The molecule has 0 aromatic heterocycles. The first-order valence-corrected chi connectivity index (χ1v) is 6.20. The SMILES string of the molecule is CC1CC1NC(=O)Nc1ccc(C(F)(F)F)cc1C(=O)O. The Bertz CT molecular complexity index is 587. The van der Waals surface area contributed by atoms with E-state index in [1.807, 2.05) is 6.92 Å². The summed E-state index contributed by atoms with van der Waals surface area (Å²) in [5.74, 6) is -1.20. The minimum atomic E-state index is -4.64. The number of aromatic carboxylic acids is 1. The molecule has 21 heavy (non-hydrogen) atoms. The van der Waals surface area contributed by atoms with Crippen LogP contribution in [0.3, 0.4) is 0 Å². The summed E-state index contributed by atoms with van der Waals surface area (Å²) in [6.45, 7) is 1.94. The van der Waals surface area contributed by atoms with Gasteiger partial charge in [-0.1, -0.05) is 6.92 Å². The van der Waals surface area contributed by atoms with Crippen LogP contribution >= 0.6 is 0 Å². The smallest absolute Gasteiger partial charge is 0.416 e. The molecule has 8 heteroatoms. The lowest BCUT2D eigenvalue weighted by atomic mass is 10.1. The van der Waals surface area contributed by atoms with Gasteiger partial charge in [0.05, 0.1) is 16.8 Å². The van der Waals surface area contributed by atoms with Crippen LogP contribution in [0.15, 0.2) is 18.2 Å². The van der Waals surface area contributed by atoms with E-state index in [0.717, 1.165) is 18.6 Å². The molecule has 1 aromatic rings. The molecule has 2 rings (SSSR count). The number of alkyl halides is 3. The van der Waals surface area contributed by atoms with Gasteiger partial charge in [-0.3, -0.25) is 0 Å². The number of halogens is 3. The van der Waals surface area contributed by atoms with E-state index < -0.39 is 29.3 Å². The Morgan fingerprint density at radius 1 is 1.33 bits per heavy atom. The average molecular weight is 302 g/mol. The van der Waals surface area contributed by atoms with E-state index in [0.29, 0.717) is 12.0 Å². The van der Waals surface area contributed by atoms with Crippen molar-refractivity contribution in [1.29, 1.82) is 0 Å². The van der Waals surface area contributed by atoms with E-state index in [2.05, 4.69) is 10.6 Å². The summed E-state index contributed by atoms with van der Waals surface area (Å²) in [4.78, 5) is 22.7. The Labute approximate surface area is 118 Å². The summed E-state index contributed by atoms with van der Waals surface area (Å²) < 4.78 is 37.7. The van der Waals surface area contributed by atoms with Crippen molar-refractivity contribution in [2.45, 2.75) is 25.6 Å². The minimum absolute atomic E-state index is 0.0210. The maximum absolute atomic E-state index is 12.6. The van der Waals surface area contributed by atoms with E-state index in [1.54, 1.807) is 0 Å². The second kappa shape index (κ2) is 5.27. The van der Waals surface area contributed by atoms with E-state index >= 15 is 0 Å². The van der Waals surface area contributed by atoms with Crippen LogP contribution in [0.4, 0.5) is 23.7 Å². The average Bonchev–Trinajstić information content (AvgIpc) is 3.03. The van der Waals surface area contributed by atoms with Crippen LogP contribution in [0.25, 0.3) is 0 Å². The quantitative estimate of drug-likeness (QED) is 0.803. The third-order valence-electron chi connectivity index (χ3n) is 3.25. The number of carbonyl (C=O) groups excluding carboxylic acids is 1. The molecular weight excluding hydrogens is 289 g/mol. The van der Waals surface area contributed by atoms with Crippen molar-refractivity contribution in [1.82, 2.24) is 5.32 Å². The van der Waals surface area contributed by atoms with Crippen LogP contribution in [0.5, 0.6) is 0 Å². The van der Waals surface area contributed by atoms with Crippen molar-refractivity contribution in [3.05, 3.63) is 29.3 Å². The van der Waals surface area contributed by atoms with Crippen molar-refractivity contribution in [2.24, 2.45) is 5.92 Å². The molecule has 2 atom stereocenters. The fourth-order valence-electron chi connectivity index (χ4n) is 1.86. The number of amides is 2. The first-order chi connectivity index (χ1) is 9.68. The van der Waals surface area contributed by atoms with Crippen LogP contribution in [0.1, 0.15) is 29.3 Å². The van der Waals surface area contributed by atoms with Crippen LogP contribution in [0.2, 0.25) is 0 Å². The van der Waals surface area contributed by atoms with Crippen molar-refractivity contribution in [2.75, 3.05) is 5.32 Å². The molecule has 1 fully saturated rings. The monoisotopic (exact) mass is 302 g/mol. The molecular formula is C13H13F3N2O3. The predicted octanol–water partition coefficient (Wildman–Crippen LogP) is 2.93. The number of urea groups is 1. The number of benzene rings is 1. The van der Waals surface area contributed by atoms with Gasteiger partial charge in [0.2, 0.25) is 0 Å². The predicted molar refractivity (Wildman–Crippen MR) is 68.1 cm³/mol. The van der Waals surface area contributed by atoms with Gasteiger partial charge in [-0.25, -0.2) is 9.59 Å². The summed E-state index contributed by atoms with van der Waals surface area (Å²) in [6.07, 6.45) is -3.82. The normalized spacial score (nSPS) is 20.8. The summed E-state index contributed by atoms with van der Waals surface area (Å²) in [5.41, 5.74) is -1.87. The zero-order valence-corrected chi connectivity index (χ0v) is 11.0. The molecule has 0 bridgehead atoms. The fourth-order valence-corrected chi connectivity index (χ4v) is 1.86. The van der Waals surface area contributed by atoms with E-state index in [1.165, 1.54) is 0 Å². The van der Waals surface area contributed by atoms with Gasteiger partial charge < -0.3 is 15.7 Å². The molecule has 0 saturated heterocycles. The second-order valence-corrected chi connectivity index (χ2v) is 4.98. The van der Waals surface area contributed by atoms with Crippen molar-refractivity contribution in [3.8, 4) is 0 Å². The Balaban J connectivity index is 2.18. The van der Waals surface area contributed by atoms with E-state index in [-0.39, 0.29) is 11.7 Å². The molecule has 5 nitrogen and oxygen atoms in total. The van der Waals surface area contributed by atoms with Crippen molar-refractivity contribution < 1.29 is 27.9 Å². The minimum Gasteiger partial charge on any atom is -0.478 e. The molecule has 2 amide bonds. The molecule has 3 N–H and O–H groups in total. The maximum Gasteiger partial charge on any atom is 0.416 e. The Hall–Kier alpha value is -2.25. The lowest BCUT2D eigenvalue weighted by molar-refractivity contribution is -0.137. The third kappa shape index (κ3) is 3.65. The number of rotatable bonds is 3. The fraction of sp³-hybridized carbons (Fsp3) is 0.385. The van der Waals surface area contributed by atoms with Gasteiger partial charge in [-0.05, 0) is 30.5 Å². The van der Waals surface area contributed by atoms with Crippen molar-refractivity contribution >= 4 is 17.7 Å². The summed E-state index contributed by atoms with van der Waals surface area (Å²) in [5, 5.41) is 13.8. The lowest BCUT2D eigenvalue weighted by Gasteiger charge is -2.12. The van der Waals surface area contributed by atoms with Gasteiger partial charge in [0.15, 0.2) is 0 Å². The molecule has 0 radical (unpaired) electrons. The zero-order valence-electron chi connectivity index (χ0n) is 11.0. The summed E-state index contributed by atoms with van der Waals surface area (Å²) >= 11 is 0. The number of hydrogen-bond acceptors (Lipinski definition) is 2. The highest BCUT2D eigenvalue weighted by atomic mass is 19.4. The number of anilines is 1. The second-order valence-electron chi connectivity index (χ2n) is 4.98.